The number of hydrogen-bond donors (Lipinski definition) is 1. The Bertz CT molecular complexity index is 1170. The van der Waals surface area contributed by atoms with Gasteiger partial charge in [-0.25, -0.2) is 4.98 Å². The van der Waals surface area contributed by atoms with E-state index < -0.39 is 54.7 Å². The fourth-order valence-corrected chi connectivity index (χ4v) is 4.06. The molecule has 0 atom stereocenters. The molecule has 3 aromatic rings. The summed E-state index contributed by atoms with van der Waals surface area (Å²) in [6.45, 7) is 0. The Morgan fingerprint density at radius 3 is 2.16 bits per heavy atom. The second-order valence-corrected chi connectivity index (χ2v) is 7.65. The Morgan fingerprint density at radius 1 is 1.06 bits per heavy atom. The Hall–Kier alpha value is -3.72. The number of nitrogens with zero attached hydrogens (tertiary/aromatic N) is 3. The molecular formula is C16H7F3N4O6S2. The van der Waals surface area contributed by atoms with E-state index in [1.54, 1.807) is 5.38 Å². The molecule has 0 bridgehead atoms. The molecule has 0 aliphatic carbocycles. The number of non-ortho nitro benzene ring substituents is 2. The van der Waals surface area contributed by atoms with Crippen molar-refractivity contribution in [3.63, 3.8) is 0 Å². The number of Topliss-reactive ketones (excluding diaryl/α,β-unsaturated/α-hetero) is 1. The lowest BCUT2D eigenvalue weighted by atomic mass is 10.1. The molecule has 0 unspecified atom stereocenters. The fourth-order valence-electron chi connectivity index (χ4n) is 2.34. The first-order chi connectivity index (χ1) is 14.5. The normalized spacial score (nSPS) is 11.2. The summed E-state index contributed by atoms with van der Waals surface area (Å²) in [6.07, 6.45) is -5.18. The third-order valence-corrected chi connectivity index (χ3v) is 5.50. The number of hydrogen-bond acceptors (Lipinski definition) is 9. The number of carbonyl (C=O) groups excluding carboxylic acids is 2. The average molecular weight is 472 g/mol. The van der Waals surface area contributed by atoms with E-state index >= 15 is 0 Å². The van der Waals surface area contributed by atoms with Crippen molar-refractivity contribution < 1.29 is 32.6 Å². The maximum absolute atomic E-state index is 13.0. The van der Waals surface area contributed by atoms with Crippen molar-refractivity contribution in [3.05, 3.63) is 66.4 Å². The van der Waals surface area contributed by atoms with Gasteiger partial charge in [0, 0.05) is 12.1 Å². The maximum Gasteiger partial charge on any atom is 0.455 e. The maximum atomic E-state index is 13.0. The van der Waals surface area contributed by atoms with E-state index in [1.165, 1.54) is 12.1 Å². The smallest absolute Gasteiger partial charge is 0.298 e. The Balaban J connectivity index is 2.00. The molecule has 2 aromatic heterocycles. The van der Waals surface area contributed by atoms with Gasteiger partial charge >= 0.3 is 6.18 Å². The number of nitro groups is 2. The SMILES string of the molecule is O=C(Nc1nc(-c2cccs2)c(C(=O)C(F)(F)F)s1)c1cc([N+](=O)[O-])cc([N+](=O)[O-])c1. The first-order valence-corrected chi connectivity index (χ1v) is 9.58. The molecule has 15 heteroatoms. The van der Waals surface area contributed by atoms with Gasteiger partial charge in [0.25, 0.3) is 23.1 Å². The average Bonchev–Trinajstić information content (AvgIpc) is 3.35. The minimum absolute atomic E-state index is 0.246. The molecule has 1 aromatic carbocycles. The number of rotatable bonds is 6. The molecule has 1 amide bonds. The van der Waals surface area contributed by atoms with Crippen molar-refractivity contribution in [2.24, 2.45) is 0 Å². The van der Waals surface area contributed by atoms with Crippen LogP contribution >= 0.6 is 22.7 Å². The molecule has 0 saturated heterocycles. The van der Waals surface area contributed by atoms with Crippen LogP contribution in [0.25, 0.3) is 10.6 Å². The number of aromatic nitrogens is 1. The van der Waals surface area contributed by atoms with Crippen molar-refractivity contribution in [2.45, 2.75) is 6.18 Å². The van der Waals surface area contributed by atoms with Gasteiger partial charge in [0.2, 0.25) is 0 Å². The second-order valence-electron chi connectivity index (χ2n) is 5.71. The fraction of sp³-hybridized carbons (Fsp3) is 0.0625. The zero-order valence-corrected chi connectivity index (χ0v) is 16.3. The molecule has 0 aliphatic rings. The van der Waals surface area contributed by atoms with Crippen LogP contribution in [0.3, 0.4) is 0 Å². The van der Waals surface area contributed by atoms with Crippen LogP contribution in [0.5, 0.6) is 0 Å². The third kappa shape index (κ3) is 4.72. The first kappa shape index (κ1) is 22.0. The number of thiophene rings is 1. The van der Waals surface area contributed by atoms with Crippen LogP contribution in [-0.4, -0.2) is 32.7 Å². The van der Waals surface area contributed by atoms with Gasteiger partial charge in [0.1, 0.15) is 10.6 Å². The van der Waals surface area contributed by atoms with Crippen molar-refractivity contribution in [2.75, 3.05) is 5.32 Å². The van der Waals surface area contributed by atoms with Crippen LogP contribution in [0.2, 0.25) is 0 Å². The third-order valence-electron chi connectivity index (χ3n) is 3.65. The molecule has 0 aliphatic heterocycles. The molecule has 0 radical (unpaired) electrons. The Morgan fingerprint density at radius 2 is 1.68 bits per heavy atom. The van der Waals surface area contributed by atoms with Crippen molar-refractivity contribution in [1.29, 1.82) is 0 Å². The second kappa shape index (κ2) is 8.19. The van der Waals surface area contributed by atoms with Crippen LogP contribution in [0.1, 0.15) is 20.0 Å². The summed E-state index contributed by atoms with van der Waals surface area (Å²) in [5.74, 6) is -3.25. The molecular weight excluding hydrogens is 465 g/mol. The summed E-state index contributed by atoms with van der Waals surface area (Å²) in [4.78, 5) is 47.6. The molecule has 0 fully saturated rings. The van der Waals surface area contributed by atoms with Crippen LogP contribution in [0.15, 0.2) is 35.7 Å². The summed E-state index contributed by atoms with van der Waals surface area (Å²) in [5.41, 5.74) is -2.24. The van der Waals surface area contributed by atoms with Crippen molar-refractivity contribution in [1.82, 2.24) is 4.98 Å². The van der Waals surface area contributed by atoms with Gasteiger partial charge in [-0.05, 0) is 11.4 Å². The highest BCUT2D eigenvalue weighted by Crippen LogP contribution is 2.37. The highest BCUT2D eigenvalue weighted by molar-refractivity contribution is 7.19. The number of benzene rings is 1. The quantitative estimate of drug-likeness (QED) is 0.311. The minimum atomic E-state index is -5.18. The number of amides is 1. The molecule has 31 heavy (non-hydrogen) atoms. The largest absolute Gasteiger partial charge is 0.455 e. The van der Waals surface area contributed by atoms with E-state index in [0.717, 1.165) is 23.5 Å². The van der Waals surface area contributed by atoms with Crippen molar-refractivity contribution >= 4 is 50.9 Å². The summed E-state index contributed by atoms with van der Waals surface area (Å²) in [6, 6.07) is 5.13. The number of alkyl halides is 3. The Kier molecular flexibility index (Phi) is 5.81. The van der Waals surface area contributed by atoms with Gasteiger partial charge in [0.15, 0.2) is 5.13 Å². The van der Waals surface area contributed by atoms with Gasteiger partial charge in [-0.2, -0.15) is 13.2 Å². The predicted octanol–water partition coefficient (Wildman–Crippen LogP) is 4.69. The molecule has 160 valence electrons. The molecule has 10 nitrogen and oxygen atoms in total. The lowest BCUT2D eigenvalue weighted by Gasteiger charge is -2.03. The van der Waals surface area contributed by atoms with Crippen LogP contribution in [0.4, 0.5) is 29.7 Å². The molecule has 3 rings (SSSR count). The van der Waals surface area contributed by atoms with E-state index in [0.29, 0.717) is 6.07 Å². The van der Waals surface area contributed by atoms with Gasteiger partial charge < -0.3 is 0 Å². The highest BCUT2D eigenvalue weighted by atomic mass is 32.1. The predicted molar refractivity (Wildman–Crippen MR) is 104 cm³/mol. The van der Waals surface area contributed by atoms with Gasteiger partial charge in [-0.15, -0.1) is 11.3 Å². The summed E-state index contributed by atoms with van der Waals surface area (Å²) in [7, 11) is 0. The van der Waals surface area contributed by atoms with Crippen molar-refractivity contribution in [3.8, 4) is 10.6 Å². The first-order valence-electron chi connectivity index (χ1n) is 7.89. The van der Waals surface area contributed by atoms with E-state index in [1.807, 2.05) is 0 Å². The number of nitro benzene ring substituents is 2. The van der Waals surface area contributed by atoms with Gasteiger partial charge in [-0.1, -0.05) is 17.4 Å². The number of halogens is 3. The zero-order valence-electron chi connectivity index (χ0n) is 14.7. The monoisotopic (exact) mass is 472 g/mol. The van der Waals surface area contributed by atoms with Crippen LogP contribution in [0, 0.1) is 20.2 Å². The topological polar surface area (TPSA) is 145 Å². The molecule has 2 heterocycles. The number of thiazole rings is 1. The van der Waals surface area contributed by atoms with Crippen LogP contribution < -0.4 is 5.32 Å². The molecule has 1 N–H and O–H groups in total. The summed E-state index contributed by atoms with van der Waals surface area (Å²) >= 11 is 1.28. The number of nitrogens with one attached hydrogen (secondary N) is 1. The standard InChI is InChI=1S/C16H7F3N4O6S2/c17-16(18,19)13(24)12-11(10-2-1-3-30-10)20-15(31-12)21-14(25)7-4-8(22(26)27)6-9(5-7)23(28)29/h1-6H,(H,20,21,25). The summed E-state index contributed by atoms with van der Waals surface area (Å²) < 4.78 is 38.9. The molecule has 0 spiro atoms. The lowest BCUT2D eigenvalue weighted by Crippen LogP contribution is -2.22. The Labute approximate surface area is 177 Å². The van der Waals surface area contributed by atoms with Gasteiger partial charge in [0.05, 0.1) is 26.4 Å². The number of anilines is 1. The van der Waals surface area contributed by atoms with E-state index in [4.69, 9.17) is 0 Å². The van der Waals surface area contributed by atoms with E-state index in [2.05, 4.69) is 10.3 Å². The lowest BCUT2D eigenvalue weighted by molar-refractivity contribution is -0.394. The highest BCUT2D eigenvalue weighted by Gasteiger charge is 2.42. The van der Waals surface area contributed by atoms with Crippen LogP contribution in [-0.2, 0) is 0 Å². The van der Waals surface area contributed by atoms with E-state index in [-0.39, 0.29) is 21.9 Å². The number of ketones is 1. The summed E-state index contributed by atoms with van der Waals surface area (Å²) in [5, 5.41) is 25.2. The minimum Gasteiger partial charge on any atom is -0.298 e. The van der Waals surface area contributed by atoms with Gasteiger partial charge in [-0.3, -0.25) is 35.1 Å². The molecule has 0 saturated carbocycles. The number of carbonyl (C=O) groups is 2. The zero-order chi connectivity index (χ0) is 22.9. The van der Waals surface area contributed by atoms with E-state index in [9.17, 15) is 43.0 Å².